The average molecular weight is 447 g/mol. The number of carbonyl (C=O) groups is 1. The second-order valence-electron chi connectivity index (χ2n) is 6.75. The SMILES string of the molecule is O=C(CN1CCN(Cc2ccnc(C(F)(F)F)c2)CC1)Nc1cccc(Cl)c1Cl. The van der Waals surface area contributed by atoms with E-state index in [-0.39, 0.29) is 12.5 Å². The van der Waals surface area contributed by atoms with Crippen molar-refractivity contribution in [1.82, 2.24) is 14.8 Å². The number of carbonyl (C=O) groups excluding carboxylic acids is 1. The third kappa shape index (κ3) is 6.05. The van der Waals surface area contributed by atoms with Crippen LogP contribution in [0.3, 0.4) is 0 Å². The summed E-state index contributed by atoms with van der Waals surface area (Å²) in [5.41, 5.74) is 0.139. The topological polar surface area (TPSA) is 48.5 Å². The Morgan fingerprint density at radius 1 is 1.10 bits per heavy atom. The maximum absolute atomic E-state index is 12.8. The lowest BCUT2D eigenvalue weighted by Crippen LogP contribution is -2.48. The van der Waals surface area contributed by atoms with Crippen molar-refractivity contribution >= 4 is 34.8 Å². The van der Waals surface area contributed by atoms with E-state index in [4.69, 9.17) is 23.2 Å². The molecule has 1 aliphatic heterocycles. The maximum Gasteiger partial charge on any atom is 0.433 e. The number of amides is 1. The molecule has 1 aromatic heterocycles. The van der Waals surface area contributed by atoms with Crippen LogP contribution in [0.5, 0.6) is 0 Å². The van der Waals surface area contributed by atoms with Gasteiger partial charge in [0, 0.05) is 38.9 Å². The Morgan fingerprint density at radius 3 is 2.48 bits per heavy atom. The van der Waals surface area contributed by atoms with Crippen molar-refractivity contribution < 1.29 is 18.0 Å². The molecule has 2 heterocycles. The highest BCUT2D eigenvalue weighted by atomic mass is 35.5. The van der Waals surface area contributed by atoms with Gasteiger partial charge in [-0.15, -0.1) is 0 Å². The number of hydrogen-bond donors (Lipinski definition) is 1. The third-order valence-electron chi connectivity index (χ3n) is 4.58. The highest BCUT2D eigenvalue weighted by molar-refractivity contribution is 6.44. The lowest BCUT2D eigenvalue weighted by Gasteiger charge is -2.34. The van der Waals surface area contributed by atoms with Crippen molar-refractivity contribution in [2.45, 2.75) is 12.7 Å². The lowest BCUT2D eigenvalue weighted by molar-refractivity contribution is -0.141. The number of rotatable bonds is 5. The Morgan fingerprint density at radius 2 is 1.79 bits per heavy atom. The largest absolute Gasteiger partial charge is 0.433 e. The molecule has 10 heteroatoms. The van der Waals surface area contributed by atoms with Gasteiger partial charge in [0.05, 0.1) is 22.3 Å². The van der Waals surface area contributed by atoms with E-state index in [1.54, 1.807) is 24.3 Å². The quantitative estimate of drug-likeness (QED) is 0.748. The van der Waals surface area contributed by atoms with E-state index in [0.29, 0.717) is 54.0 Å². The minimum atomic E-state index is -4.45. The van der Waals surface area contributed by atoms with Crippen LogP contribution in [0.4, 0.5) is 18.9 Å². The van der Waals surface area contributed by atoms with E-state index in [1.807, 2.05) is 4.90 Å². The molecule has 29 heavy (non-hydrogen) atoms. The summed E-state index contributed by atoms with van der Waals surface area (Å²) in [6.07, 6.45) is -3.27. The molecule has 0 aliphatic carbocycles. The molecule has 0 spiro atoms. The molecule has 1 aromatic carbocycles. The zero-order valence-electron chi connectivity index (χ0n) is 15.3. The monoisotopic (exact) mass is 446 g/mol. The fourth-order valence-corrected chi connectivity index (χ4v) is 3.43. The number of piperazine rings is 1. The molecule has 1 N–H and O–H groups in total. The molecule has 0 saturated carbocycles. The van der Waals surface area contributed by atoms with Crippen molar-refractivity contribution in [3.63, 3.8) is 0 Å². The molecule has 3 rings (SSSR count). The van der Waals surface area contributed by atoms with E-state index in [9.17, 15) is 18.0 Å². The number of hydrogen-bond acceptors (Lipinski definition) is 4. The molecule has 2 aromatic rings. The molecule has 5 nitrogen and oxygen atoms in total. The number of pyridine rings is 1. The summed E-state index contributed by atoms with van der Waals surface area (Å²) < 4.78 is 38.4. The second-order valence-corrected chi connectivity index (χ2v) is 7.53. The van der Waals surface area contributed by atoms with Gasteiger partial charge < -0.3 is 5.32 Å². The van der Waals surface area contributed by atoms with E-state index in [1.165, 1.54) is 6.20 Å². The van der Waals surface area contributed by atoms with Gasteiger partial charge in [0.2, 0.25) is 5.91 Å². The lowest BCUT2D eigenvalue weighted by atomic mass is 10.2. The van der Waals surface area contributed by atoms with Gasteiger partial charge in [0.15, 0.2) is 0 Å². The molecule has 0 unspecified atom stereocenters. The number of nitrogens with one attached hydrogen (secondary N) is 1. The Hall–Kier alpha value is -1.87. The molecule has 156 valence electrons. The predicted octanol–water partition coefficient (Wildman–Crippen LogP) is 4.16. The van der Waals surface area contributed by atoms with Crippen molar-refractivity contribution in [1.29, 1.82) is 0 Å². The first-order valence-corrected chi connectivity index (χ1v) is 9.68. The summed E-state index contributed by atoms with van der Waals surface area (Å²) in [5.74, 6) is -0.202. The minimum Gasteiger partial charge on any atom is -0.324 e. The highest BCUT2D eigenvalue weighted by Gasteiger charge is 2.32. The summed E-state index contributed by atoms with van der Waals surface area (Å²) >= 11 is 12.0. The van der Waals surface area contributed by atoms with Crippen LogP contribution < -0.4 is 5.32 Å². The zero-order valence-corrected chi connectivity index (χ0v) is 16.9. The molecule has 1 aliphatic rings. The molecule has 1 fully saturated rings. The molecule has 0 radical (unpaired) electrons. The summed E-state index contributed by atoms with van der Waals surface area (Å²) in [6.45, 7) is 3.17. The number of anilines is 1. The predicted molar refractivity (Wildman–Crippen MR) is 106 cm³/mol. The van der Waals surface area contributed by atoms with Crippen molar-refractivity contribution in [2.75, 3.05) is 38.0 Å². The number of aromatic nitrogens is 1. The average Bonchev–Trinajstić information content (AvgIpc) is 2.67. The molecular formula is C19H19Cl2F3N4O. The minimum absolute atomic E-state index is 0.199. The van der Waals surface area contributed by atoms with Crippen LogP contribution in [0.25, 0.3) is 0 Å². The van der Waals surface area contributed by atoms with Crippen LogP contribution in [0.15, 0.2) is 36.5 Å². The Bertz CT molecular complexity index is 871. The molecule has 0 bridgehead atoms. The molecule has 1 amide bonds. The number of nitrogens with zero attached hydrogens (tertiary/aromatic N) is 3. The van der Waals surface area contributed by atoms with E-state index < -0.39 is 11.9 Å². The van der Waals surface area contributed by atoms with Crippen molar-refractivity contribution in [3.05, 3.63) is 57.8 Å². The number of benzene rings is 1. The molecular weight excluding hydrogens is 428 g/mol. The van der Waals surface area contributed by atoms with Gasteiger partial charge >= 0.3 is 6.18 Å². The van der Waals surface area contributed by atoms with Gasteiger partial charge in [-0.1, -0.05) is 29.3 Å². The van der Waals surface area contributed by atoms with Crippen LogP contribution in [0.1, 0.15) is 11.3 Å². The first-order valence-electron chi connectivity index (χ1n) is 8.93. The normalized spacial score (nSPS) is 16.0. The Balaban J connectivity index is 1.48. The zero-order chi connectivity index (χ0) is 21.0. The van der Waals surface area contributed by atoms with Crippen molar-refractivity contribution in [2.24, 2.45) is 0 Å². The standard InChI is InChI=1S/C19H19Cl2F3N4O/c20-14-2-1-3-15(18(14)21)26-17(29)12-28-8-6-27(7-9-28)11-13-4-5-25-16(10-13)19(22,23)24/h1-5,10H,6-9,11-12H2,(H,26,29). The van der Waals surface area contributed by atoms with E-state index in [2.05, 4.69) is 15.2 Å². The van der Waals surface area contributed by atoms with Crippen LogP contribution in [-0.4, -0.2) is 53.4 Å². The summed E-state index contributed by atoms with van der Waals surface area (Å²) in [6, 6.07) is 7.68. The van der Waals surface area contributed by atoms with Crippen molar-refractivity contribution in [3.8, 4) is 0 Å². The van der Waals surface area contributed by atoms with E-state index in [0.717, 1.165) is 6.07 Å². The van der Waals surface area contributed by atoms with Crippen LogP contribution in [0, 0.1) is 0 Å². The Labute approximate surface area is 176 Å². The summed E-state index contributed by atoms with van der Waals surface area (Å²) in [7, 11) is 0. The fourth-order valence-electron chi connectivity index (χ4n) is 3.08. The van der Waals surface area contributed by atoms with Gasteiger partial charge in [0.1, 0.15) is 5.69 Å². The van der Waals surface area contributed by atoms with Gasteiger partial charge in [0.25, 0.3) is 0 Å². The second kappa shape index (κ2) is 9.30. The first-order chi connectivity index (χ1) is 13.7. The first kappa shape index (κ1) is 21.8. The number of halogens is 5. The summed E-state index contributed by atoms with van der Waals surface area (Å²) in [5, 5.41) is 3.40. The van der Waals surface area contributed by atoms with Gasteiger partial charge in [-0.05, 0) is 29.8 Å². The summed E-state index contributed by atoms with van der Waals surface area (Å²) in [4.78, 5) is 19.7. The van der Waals surface area contributed by atoms with E-state index >= 15 is 0 Å². The smallest absolute Gasteiger partial charge is 0.324 e. The third-order valence-corrected chi connectivity index (χ3v) is 5.40. The van der Waals surface area contributed by atoms with Crippen LogP contribution in [-0.2, 0) is 17.5 Å². The Kier molecular flexibility index (Phi) is 7.00. The maximum atomic E-state index is 12.8. The fraction of sp³-hybridized carbons (Fsp3) is 0.368. The van der Waals surface area contributed by atoms with Gasteiger partial charge in [-0.25, -0.2) is 0 Å². The highest BCUT2D eigenvalue weighted by Crippen LogP contribution is 2.30. The molecule has 0 atom stereocenters. The number of alkyl halides is 3. The molecule has 1 saturated heterocycles. The van der Waals surface area contributed by atoms with Gasteiger partial charge in [-0.2, -0.15) is 13.2 Å². The van der Waals surface area contributed by atoms with Gasteiger partial charge in [-0.3, -0.25) is 19.6 Å². The van der Waals surface area contributed by atoms with Crippen LogP contribution in [0.2, 0.25) is 10.0 Å². The van der Waals surface area contributed by atoms with Crippen LogP contribution >= 0.6 is 23.2 Å².